The fourth-order valence-corrected chi connectivity index (χ4v) is 3.78. The number of carbonyl (C=O) groups is 1. The number of benzene rings is 1. The Hall–Kier alpha value is -4.07. The first-order chi connectivity index (χ1) is 16.0. The lowest BCUT2D eigenvalue weighted by Gasteiger charge is -2.17. The average molecular weight is 444 g/mol. The van der Waals surface area contributed by atoms with E-state index in [1.807, 2.05) is 37.3 Å². The number of hydrogen-bond donors (Lipinski definition) is 1. The molecule has 8 nitrogen and oxygen atoms in total. The summed E-state index contributed by atoms with van der Waals surface area (Å²) in [5, 5.41) is 2.93. The van der Waals surface area contributed by atoms with Gasteiger partial charge in [-0.2, -0.15) is 0 Å². The molecule has 0 bridgehead atoms. The van der Waals surface area contributed by atoms with Gasteiger partial charge in [0.1, 0.15) is 6.54 Å². The highest BCUT2D eigenvalue weighted by Crippen LogP contribution is 2.10. The third-order valence-electron chi connectivity index (χ3n) is 5.49. The fourth-order valence-electron chi connectivity index (χ4n) is 3.78. The molecular formula is C25H25N5O3. The lowest BCUT2D eigenvalue weighted by molar-refractivity contribution is -0.122. The summed E-state index contributed by atoms with van der Waals surface area (Å²) in [4.78, 5) is 46.9. The first kappa shape index (κ1) is 22.1. The van der Waals surface area contributed by atoms with Gasteiger partial charge < -0.3 is 5.32 Å². The minimum absolute atomic E-state index is 0.0788. The van der Waals surface area contributed by atoms with Crippen molar-refractivity contribution < 1.29 is 4.79 Å². The Morgan fingerprint density at radius 1 is 0.909 bits per heavy atom. The lowest BCUT2D eigenvalue weighted by Crippen LogP contribution is -2.45. The predicted octanol–water partition coefficient (Wildman–Crippen LogP) is 2.14. The van der Waals surface area contributed by atoms with Crippen molar-refractivity contribution in [1.29, 1.82) is 0 Å². The molecule has 0 saturated carbocycles. The molecule has 0 fully saturated rings. The summed E-state index contributed by atoms with van der Waals surface area (Å²) in [5.74, 6) is -0.325. The minimum atomic E-state index is -0.753. The molecule has 3 heterocycles. The van der Waals surface area contributed by atoms with Crippen LogP contribution in [0.3, 0.4) is 0 Å². The molecule has 1 aromatic carbocycles. The number of hydrogen-bond acceptors (Lipinski definition) is 5. The second-order valence-corrected chi connectivity index (χ2v) is 7.98. The maximum absolute atomic E-state index is 12.9. The molecule has 4 aromatic rings. The van der Waals surface area contributed by atoms with Crippen LogP contribution in [0.15, 0.2) is 82.8 Å². The zero-order chi connectivity index (χ0) is 23.2. The fraction of sp³-hybridized carbons (Fsp3) is 0.240. The average Bonchev–Trinajstić information content (AvgIpc) is 2.84. The van der Waals surface area contributed by atoms with Crippen molar-refractivity contribution in [2.75, 3.05) is 0 Å². The third-order valence-corrected chi connectivity index (χ3v) is 5.49. The molecule has 3 aromatic heterocycles. The van der Waals surface area contributed by atoms with E-state index in [9.17, 15) is 14.4 Å². The molecule has 8 heteroatoms. The van der Waals surface area contributed by atoms with Gasteiger partial charge in [-0.1, -0.05) is 30.3 Å². The number of fused-ring (bicyclic) bond motifs is 1. The molecule has 0 aliphatic heterocycles. The lowest BCUT2D eigenvalue weighted by atomic mass is 10.1. The van der Waals surface area contributed by atoms with Crippen molar-refractivity contribution in [1.82, 2.24) is 24.4 Å². The van der Waals surface area contributed by atoms with Gasteiger partial charge in [0.15, 0.2) is 5.65 Å². The monoisotopic (exact) mass is 443 g/mol. The third kappa shape index (κ3) is 5.23. The van der Waals surface area contributed by atoms with Crippen molar-refractivity contribution >= 4 is 17.1 Å². The molecule has 168 valence electrons. The summed E-state index contributed by atoms with van der Waals surface area (Å²) in [6.07, 6.45) is 6.41. The van der Waals surface area contributed by atoms with Gasteiger partial charge in [-0.3, -0.25) is 28.5 Å². The summed E-state index contributed by atoms with van der Waals surface area (Å²) in [6, 6.07) is 16.9. The first-order valence-corrected chi connectivity index (χ1v) is 10.8. The van der Waals surface area contributed by atoms with Crippen LogP contribution in [-0.4, -0.2) is 31.1 Å². The second-order valence-electron chi connectivity index (χ2n) is 7.98. The number of amides is 1. The smallest absolute Gasteiger partial charge is 0.318 e. The van der Waals surface area contributed by atoms with E-state index in [2.05, 4.69) is 15.3 Å². The summed E-state index contributed by atoms with van der Waals surface area (Å²) in [6.45, 7) is 1.87. The largest absolute Gasteiger partial charge is 0.352 e. The van der Waals surface area contributed by atoms with Gasteiger partial charge in [-0.25, -0.2) is 4.98 Å². The van der Waals surface area contributed by atoms with Crippen LogP contribution in [0.2, 0.25) is 0 Å². The number of nitrogens with zero attached hydrogens (tertiary/aromatic N) is 4. The van der Waals surface area contributed by atoms with E-state index in [4.69, 9.17) is 0 Å². The Morgan fingerprint density at radius 3 is 2.39 bits per heavy atom. The Morgan fingerprint density at radius 2 is 1.64 bits per heavy atom. The van der Waals surface area contributed by atoms with Crippen LogP contribution in [0.1, 0.15) is 24.5 Å². The number of pyridine rings is 2. The molecular weight excluding hydrogens is 418 g/mol. The number of nitrogens with one attached hydrogen (secondary N) is 1. The number of aromatic nitrogens is 4. The molecule has 0 spiro atoms. The molecule has 0 aliphatic carbocycles. The topological polar surface area (TPSA) is 98.9 Å². The zero-order valence-corrected chi connectivity index (χ0v) is 18.3. The number of carbonyl (C=O) groups excluding carboxylic acids is 1. The van der Waals surface area contributed by atoms with Crippen molar-refractivity contribution in [3.05, 3.63) is 105 Å². The Labute approximate surface area is 190 Å². The van der Waals surface area contributed by atoms with Gasteiger partial charge in [0.05, 0.1) is 12.1 Å². The normalized spacial score (nSPS) is 11.9. The standard InChI is InChI=1S/C25H25N5O3/c1-18(9-10-19-6-3-2-4-7-19)28-22(31)17-29-21-8-5-13-27-23(21)30(25(33)24(29)32)16-20-11-14-26-15-12-20/h2-8,11-15,18H,9-10,16-17H2,1H3,(H,28,31). The van der Waals surface area contributed by atoms with Gasteiger partial charge in [-0.15, -0.1) is 0 Å². The number of rotatable bonds is 8. The number of aryl methyl sites for hydroxylation is 1. The molecule has 33 heavy (non-hydrogen) atoms. The first-order valence-electron chi connectivity index (χ1n) is 10.8. The van der Waals surface area contributed by atoms with E-state index < -0.39 is 11.1 Å². The van der Waals surface area contributed by atoms with E-state index >= 15 is 0 Å². The Bertz CT molecular complexity index is 1360. The summed E-state index contributed by atoms with van der Waals surface area (Å²) in [5.41, 5.74) is 1.33. The highest BCUT2D eigenvalue weighted by molar-refractivity contribution is 5.79. The molecule has 1 unspecified atom stereocenters. The molecule has 1 amide bonds. The maximum Gasteiger partial charge on any atom is 0.318 e. The van der Waals surface area contributed by atoms with Crippen molar-refractivity contribution in [2.45, 2.75) is 38.9 Å². The van der Waals surface area contributed by atoms with E-state index in [1.165, 1.54) is 14.7 Å². The van der Waals surface area contributed by atoms with Gasteiger partial charge in [0.25, 0.3) is 0 Å². The molecule has 0 radical (unpaired) electrons. The summed E-state index contributed by atoms with van der Waals surface area (Å²) in [7, 11) is 0. The predicted molar refractivity (Wildman–Crippen MR) is 126 cm³/mol. The summed E-state index contributed by atoms with van der Waals surface area (Å²) < 4.78 is 2.54. The van der Waals surface area contributed by atoms with Crippen LogP contribution in [0.25, 0.3) is 11.2 Å². The molecule has 1 atom stereocenters. The van der Waals surface area contributed by atoms with Crippen LogP contribution < -0.4 is 16.4 Å². The highest BCUT2D eigenvalue weighted by atomic mass is 16.2. The zero-order valence-electron chi connectivity index (χ0n) is 18.3. The molecule has 0 aliphatic rings. The highest BCUT2D eigenvalue weighted by Gasteiger charge is 2.17. The van der Waals surface area contributed by atoms with Crippen LogP contribution in [0.4, 0.5) is 0 Å². The quantitative estimate of drug-likeness (QED) is 0.421. The van der Waals surface area contributed by atoms with Crippen LogP contribution in [0, 0.1) is 0 Å². The van der Waals surface area contributed by atoms with Gasteiger partial charge in [0, 0.05) is 24.6 Å². The van der Waals surface area contributed by atoms with E-state index in [0.29, 0.717) is 11.2 Å². The maximum atomic E-state index is 12.9. The van der Waals surface area contributed by atoms with Crippen molar-refractivity contribution in [3.63, 3.8) is 0 Å². The Kier molecular flexibility index (Phi) is 6.73. The SMILES string of the molecule is CC(CCc1ccccc1)NC(=O)Cn1c(=O)c(=O)n(Cc2ccncc2)c2ncccc21. The van der Waals surface area contributed by atoms with E-state index in [1.54, 1.807) is 42.9 Å². The van der Waals surface area contributed by atoms with E-state index in [-0.39, 0.29) is 25.0 Å². The van der Waals surface area contributed by atoms with Gasteiger partial charge in [0.2, 0.25) is 5.91 Å². The molecule has 4 rings (SSSR count). The van der Waals surface area contributed by atoms with Crippen molar-refractivity contribution in [2.24, 2.45) is 0 Å². The molecule has 0 saturated heterocycles. The summed E-state index contributed by atoms with van der Waals surface area (Å²) >= 11 is 0. The molecule has 1 N–H and O–H groups in total. The van der Waals surface area contributed by atoms with E-state index in [0.717, 1.165) is 18.4 Å². The van der Waals surface area contributed by atoms with Crippen LogP contribution in [-0.2, 0) is 24.3 Å². The van der Waals surface area contributed by atoms with Gasteiger partial charge in [-0.05, 0) is 55.2 Å². The van der Waals surface area contributed by atoms with Crippen LogP contribution >= 0.6 is 0 Å². The van der Waals surface area contributed by atoms with Gasteiger partial charge >= 0.3 is 11.1 Å². The minimum Gasteiger partial charge on any atom is -0.352 e. The van der Waals surface area contributed by atoms with Crippen LogP contribution in [0.5, 0.6) is 0 Å². The van der Waals surface area contributed by atoms with Crippen molar-refractivity contribution in [3.8, 4) is 0 Å². The second kappa shape index (κ2) is 10.0. The Balaban J connectivity index is 1.55.